The van der Waals surface area contributed by atoms with Crippen molar-refractivity contribution in [1.29, 1.82) is 0 Å². The summed E-state index contributed by atoms with van der Waals surface area (Å²) in [6.07, 6.45) is 9.89. The molecule has 14 nitrogen and oxygen atoms in total. The molecule has 4 N–H and O–H groups in total. The summed E-state index contributed by atoms with van der Waals surface area (Å²) in [6, 6.07) is 2.22. The predicted molar refractivity (Wildman–Crippen MR) is 180 cm³/mol. The number of likely N-dealkylation sites (tertiary alicyclic amines) is 1. The number of aromatic hydroxyl groups is 2. The average molecular weight is 702 g/mol. The molecule has 0 radical (unpaired) electrons. The monoisotopic (exact) mass is 701 g/mol. The van der Waals surface area contributed by atoms with Gasteiger partial charge in [-0.15, -0.1) is 4.73 Å². The minimum Gasteiger partial charge on any atom is -0.492 e. The molecule has 4 aliphatic rings. The van der Waals surface area contributed by atoms with E-state index >= 15 is 0 Å². The molecule has 1 aromatic rings. The molecule has 0 saturated carbocycles. The molecule has 2 amide bonds. The summed E-state index contributed by atoms with van der Waals surface area (Å²) in [5, 5.41) is 33.5. The topological polar surface area (TPSA) is 182 Å². The largest absolute Gasteiger partial charge is 0.492 e. The second kappa shape index (κ2) is 16.4. The van der Waals surface area contributed by atoms with Crippen LogP contribution in [-0.4, -0.2) is 111 Å². The number of ether oxygens (including phenoxy) is 4. The van der Waals surface area contributed by atoms with Gasteiger partial charge in [0.1, 0.15) is 23.9 Å². The van der Waals surface area contributed by atoms with E-state index in [1.165, 1.54) is 18.2 Å². The van der Waals surface area contributed by atoms with E-state index in [2.05, 4.69) is 18.3 Å². The molecule has 0 aromatic carbocycles. The lowest BCUT2D eigenvalue weighted by Gasteiger charge is -2.39. The normalized spacial score (nSPS) is 32.3. The Labute approximate surface area is 292 Å². The van der Waals surface area contributed by atoms with Crippen molar-refractivity contribution in [3.63, 3.8) is 0 Å². The van der Waals surface area contributed by atoms with Crippen molar-refractivity contribution < 1.29 is 53.5 Å². The van der Waals surface area contributed by atoms with Crippen molar-refractivity contribution in [3.05, 3.63) is 48.1 Å². The lowest BCUT2D eigenvalue weighted by molar-refractivity contribution is -0.161. The fraction of sp³-hybridized carbons (Fsp3) is 0.639. The van der Waals surface area contributed by atoms with Crippen LogP contribution in [0.4, 0.5) is 4.79 Å². The number of carbonyl (C=O) groups is 3. The highest BCUT2D eigenvalue weighted by molar-refractivity contribution is 5.87. The highest BCUT2D eigenvalue weighted by atomic mass is 16.7. The summed E-state index contributed by atoms with van der Waals surface area (Å²) in [4.78, 5) is 44.3. The Morgan fingerprint density at radius 1 is 1.10 bits per heavy atom. The van der Waals surface area contributed by atoms with Gasteiger partial charge in [0, 0.05) is 37.7 Å². The smallest absolute Gasteiger partial charge is 0.410 e. The van der Waals surface area contributed by atoms with Crippen molar-refractivity contribution in [3.8, 4) is 11.8 Å². The highest BCUT2D eigenvalue weighted by Crippen LogP contribution is 2.43. The van der Waals surface area contributed by atoms with Crippen LogP contribution >= 0.6 is 0 Å². The van der Waals surface area contributed by atoms with E-state index in [4.69, 9.17) is 23.8 Å². The summed E-state index contributed by atoms with van der Waals surface area (Å²) in [6.45, 7) is 9.48. The van der Waals surface area contributed by atoms with Crippen LogP contribution in [-0.2, 0) is 28.5 Å². The number of rotatable bonds is 11. The average Bonchev–Trinajstić information content (AvgIpc) is 3.79. The van der Waals surface area contributed by atoms with Crippen molar-refractivity contribution in [2.75, 3.05) is 19.7 Å². The van der Waals surface area contributed by atoms with E-state index in [-0.39, 0.29) is 42.6 Å². The van der Waals surface area contributed by atoms with Gasteiger partial charge in [-0.05, 0) is 64.9 Å². The Balaban J connectivity index is 1.07. The van der Waals surface area contributed by atoms with Gasteiger partial charge in [0.2, 0.25) is 17.7 Å². The first kappa shape index (κ1) is 37.4. The molecule has 5 rings (SSSR count). The standard InChI is InChI=1S/C36H51N3O11/c1-22(9-12-29-34(44)36(21-46-36)20-26(49-29)19-33(43)50-39-31(41)14-15-32(39)42)8-11-28-23(2)18-27(25(4)48-28)37-30(40)13-10-24(3)47-35(45)38-16-6-5-7-17-38/h8-10,12-15,23-29,34,41-42,44H,5-7,11,16-21H2,1-4H3,(H,37,40)/t23-,24-,25+,26+,27+,28-,29+,34+,36+/m0/s1. The maximum atomic E-state index is 12.7. The number of carbonyl (C=O) groups excluding carboxylic acids is 3. The number of hydrogen-bond acceptors (Lipinski definition) is 11. The third-order valence-corrected chi connectivity index (χ3v) is 9.86. The Kier molecular flexibility index (Phi) is 12.3. The molecule has 50 heavy (non-hydrogen) atoms. The number of amides is 2. The highest BCUT2D eigenvalue weighted by Gasteiger charge is 2.58. The number of nitrogens with one attached hydrogen (secondary N) is 1. The number of allylic oxidation sites excluding steroid dienone is 2. The van der Waals surface area contributed by atoms with Crippen LogP contribution < -0.4 is 10.2 Å². The molecule has 4 aliphatic heterocycles. The van der Waals surface area contributed by atoms with Crippen LogP contribution in [0.25, 0.3) is 0 Å². The number of nitrogens with zero attached hydrogens (tertiary/aromatic N) is 2. The molecule has 1 spiro atoms. The third-order valence-electron chi connectivity index (χ3n) is 9.86. The lowest BCUT2D eigenvalue weighted by Crippen LogP contribution is -2.50. The van der Waals surface area contributed by atoms with E-state index in [1.807, 2.05) is 19.9 Å². The summed E-state index contributed by atoms with van der Waals surface area (Å²) >= 11 is 0. The van der Waals surface area contributed by atoms with Gasteiger partial charge < -0.3 is 49.3 Å². The van der Waals surface area contributed by atoms with Crippen LogP contribution in [0.3, 0.4) is 0 Å². The molecule has 14 heteroatoms. The van der Waals surface area contributed by atoms with Gasteiger partial charge in [-0.25, -0.2) is 9.59 Å². The lowest BCUT2D eigenvalue weighted by atomic mass is 9.87. The van der Waals surface area contributed by atoms with Crippen molar-refractivity contribution >= 4 is 18.0 Å². The molecular formula is C36H51N3O11. The molecule has 0 bridgehead atoms. The van der Waals surface area contributed by atoms with Crippen LogP contribution in [0.1, 0.15) is 72.6 Å². The molecule has 4 fully saturated rings. The Hall–Kier alpha value is -3.85. The molecule has 276 valence electrons. The maximum absolute atomic E-state index is 12.7. The zero-order chi connectivity index (χ0) is 36.0. The van der Waals surface area contributed by atoms with Crippen LogP contribution in [0.5, 0.6) is 11.8 Å². The molecule has 5 heterocycles. The quantitative estimate of drug-likeness (QED) is 0.151. The predicted octanol–water partition coefficient (Wildman–Crippen LogP) is 3.29. The summed E-state index contributed by atoms with van der Waals surface area (Å²) in [5.41, 5.74) is 0.139. The van der Waals surface area contributed by atoms with Gasteiger partial charge in [0.25, 0.3) is 0 Å². The molecular weight excluding hydrogens is 650 g/mol. The zero-order valence-electron chi connectivity index (χ0n) is 29.2. The van der Waals surface area contributed by atoms with Gasteiger partial charge in [0.15, 0.2) is 0 Å². The number of aliphatic hydroxyl groups excluding tert-OH is 1. The molecule has 4 saturated heterocycles. The second-order valence-corrected chi connectivity index (χ2v) is 14.0. The maximum Gasteiger partial charge on any atom is 0.410 e. The minimum atomic E-state index is -0.918. The number of hydrogen-bond donors (Lipinski definition) is 4. The molecule has 0 aliphatic carbocycles. The van der Waals surface area contributed by atoms with E-state index in [1.54, 1.807) is 24.0 Å². The number of piperidine rings is 1. The molecule has 9 atom stereocenters. The number of aliphatic hydroxyl groups is 1. The van der Waals surface area contributed by atoms with Crippen LogP contribution in [0.2, 0.25) is 0 Å². The molecule has 0 unspecified atom stereocenters. The van der Waals surface area contributed by atoms with Gasteiger partial charge in [-0.3, -0.25) is 4.79 Å². The fourth-order valence-electron chi connectivity index (χ4n) is 6.76. The van der Waals surface area contributed by atoms with Crippen molar-refractivity contribution in [2.45, 2.75) is 121 Å². The summed E-state index contributed by atoms with van der Waals surface area (Å²) in [5.74, 6) is -1.65. The van der Waals surface area contributed by atoms with Crippen LogP contribution in [0, 0.1) is 5.92 Å². The second-order valence-electron chi connectivity index (χ2n) is 14.0. The SMILES string of the molecule is CC(C=C[C@H]1O[C@H](CC(=O)On2c(O)ccc2O)C[C@@]2(CO2)[C@@H]1O)=CC[C@@H]1O[C@H](C)[C@H](NC(=O)C=C[C@H](C)OC(=O)N2CCCCC2)C[C@@H]1C. The number of epoxide rings is 1. The summed E-state index contributed by atoms with van der Waals surface area (Å²) < 4.78 is 24.1. The summed E-state index contributed by atoms with van der Waals surface area (Å²) in [7, 11) is 0. The zero-order valence-corrected chi connectivity index (χ0v) is 29.2. The van der Waals surface area contributed by atoms with Gasteiger partial charge in [-0.2, -0.15) is 0 Å². The van der Waals surface area contributed by atoms with Crippen molar-refractivity contribution in [1.82, 2.24) is 14.9 Å². The Morgan fingerprint density at radius 3 is 2.48 bits per heavy atom. The van der Waals surface area contributed by atoms with Gasteiger partial charge in [0.05, 0.1) is 37.4 Å². The van der Waals surface area contributed by atoms with E-state index in [9.17, 15) is 29.7 Å². The third kappa shape index (κ3) is 9.68. The van der Waals surface area contributed by atoms with Gasteiger partial charge in [-0.1, -0.05) is 30.7 Å². The first-order valence-electron chi connectivity index (χ1n) is 17.6. The first-order chi connectivity index (χ1) is 23.8. The molecule has 1 aromatic heterocycles. The van der Waals surface area contributed by atoms with E-state index in [0.717, 1.165) is 31.3 Å². The minimum absolute atomic E-state index is 0.0551. The number of aromatic nitrogens is 1. The van der Waals surface area contributed by atoms with E-state index in [0.29, 0.717) is 37.3 Å². The Morgan fingerprint density at radius 2 is 1.80 bits per heavy atom. The van der Waals surface area contributed by atoms with E-state index < -0.39 is 47.7 Å². The van der Waals surface area contributed by atoms with Crippen molar-refractivity contribution in [2.24, 2.45) is 5.92 Å². The van der Waals surface area contributed by atoms with Gasteiger partial charge >= 0.3 is 12.1 Å². The Bertz CT molecular complexity index is 1420. The first-order valence-corrected chi connectivity index (χ1v) is 17.6. The fourth-order valence-corrected chi connectivity index (χ4v) is 6.76. The van der Waals surface area contributed by atoms with Crippen LogP contribution in [0.15, 0.2) is 48.1 Å².